The molecule has 2 aromatic rings. The van der Waals surface area contributed by atoms with Crippen molar-refractivity contribution in [3.8, 4) is 28.4 Å². The van der Waals surface area contributed by atoms with Gasteiger partial charge in [-0.1, -0.05) is 18.2 Å². The lowest BCUT2D eigenvalue weighted by atomic mass is 9.99. The Morgan fingerprint density at radius 1 is 1.14 bits per heavy atom. The Morgan fingerprint density at radius 2 is 1.95 bits per heavy atom. The molecular weight excluding hydrogens is 278 g/mol. The van der Waals surface area contributed by atoms with Crippen LogP contribution in [-0.2, 0) is 6.42 Å². The Kier molecular flexibility index (Phi) is 4.20. The molecule has 1 aliphatic rings. The maximum atomic E-state index is 6.14. The molecule has 1 aliphatic heterocycles. The first-order chi connectivity index (χ1) is 10.8. The highest BCUT2D eigenvalue weighted by Crippen LogP contribution is 2.44. The molecule has 0 spiro atoms. The fourth-order valence-corrected chi connectivity index (χ4v) is 2.94. The van der Waals surface area contributed by atoms with E-state index in [9.17, 15) is 0 Å². The molecule has 0 fully saturated rings. The van der Waals surface area contributed by atoms with Crippen molar-refractivity contribution in [1.82, 2.24) is 0 Å². The number of ether oxygens (including phenoxy) is 3. The lowest BCUT2D eigenvalue weighted by Crippen LogP contribution is -2.17. The SMILES string of the molecule is COc1cc2c(c(-c3ccccc3OC)c1)O[C@@H](CCN)C2. The number of fused-ring (bicyclic) bond motifs is 1. The van der Waals surface area contributed by atoms with Gasteiger partial charge in [0, 0.05) is 23.1 Å². The molecule has 4 nitrogen and oxygen atoms in total. The third-order valence-corrected chi connectivity index (χ3v) is 3.99. The fourth-order valence-electron chi connectivity index (χ4n) is 2.94. The maximum absolute atomic E-state index is 6.14. The van der Waals surface area contributed by atoms with Crippen LogP contribution in [0.15, 0.2) is 36.4 Å². The summed E-state index contributed by atoms with van der Waals surface area (Å²) in [4.78, 5) is 0. The van der Waals surface area contributed by atoms with Gasteiger partial charge in [-0.3, -0.25) is 0 Å². The van der Waals surface area contributed by atoms with Crippen LogP contribution in [0.3, 0.4) is 0 Å². The molecule has 116 valence electrons. The highest BCUT2D eigenvalue weighted by molar-refractivity contribution is 5.79. The molecular formula is C18H21NO3. The molecule has 0 bridgehead atoms. The van der Waals surface area contributed by atoms with E-state index in [0.29, 0.717) is 6.54 Å². The van der Waals surface area contributed by atoms with E-state index in [1.54, 1.807) is 14.2 Å². The summed E-state index contributed by atoms with van der Waals surface area (Å²) in [6.07, 6.45) is 1.86. The van der Waals surface area contributed by atoms with Crippen molar-refractivity contribution >= 4 is 0 Å². The summed E-state index contributed by atoms with van der Waals surface area (Å²) in [5.41, 5.74) is 8.85. The molecule has 1 atom stereocenters. The van der Waals surface area contributed by atoms with E-state index in [-0.39, 0.29) is 6.10 Å². The summed E-state index contributed by atoms with van der Waals surface area (Å²) in [5.74, 6) is 2.57. The topological polar surface area (TPSA) is 53.7 Å². The third-order valence-electron chi connectivity index (χ3n) is 3.99. The zero-order valence-electron chi connectivity index (χ0n) is 13.0. The lowest BCUT2D eigenvalue weighted by Gasteiger charge is -2.15. The summed E-state index contributed by atoms with van der Waals surface area (Å²) in [6.45, 7) is 0.625. The van der Waals surface area contributed by atoms with Crippen molar-refractivity contribution in [1.29, 1.82) is 0 Å². The molecule has 22 heavy (non-hydrogen) atoms. The van der Waals surface area contributed by atoms with E-state index in [1.165, 1.54) is 5.56 Å². The first-order valence-corrected chi connectivity index (χ1v) is 7.47. The average Bonchev–Trinajstić information content (AvgIpc) is 2.96. The van der Waals surface area contributed by atoms with Crippen LogP contribution in [0, 0.1) is 0 Å². The molecule has 0 radical (unpaired) electrons. The molecule has 0 aliphatic carbocycles. The van der Waals surface area contributed by atoms with Crippen molar-refractivity contribution in [3.63, 3.8) is 0 Å². The summed E-state index contributed by atoms with van der Waals surface area (Å²) < 4.78 is 17.1. The van der Waals surface area contributed by atoms with Crippen LogP contribution in [0.5, 0.6) is 17.2 Å². The third kappa shape index (κ3) is 2.62. The van der Waals surface area contributed by atoms with Crippen LogP contribution in [0.2, 0.25) is 0 Å². The van der Waals surface area contributed by atoms with Gasteiger partial charge < -0.3 is 19.9 Å². The second-order valence-electron chi connectivity index (χ2n) is 5.38. The van der Waals surface area contributed by atoms with Crippen LogP contribution >= 0.6 is 0 Å². The second-order valence-corrected chi connectivity index (χ2v) is 5.38. The monoisotopic (exact) mass is 299 g/mol. The minimum absolute atomic E-state index is 0.139. The van der Waals surface area contributed by atoms with Gasteiger partial charge in [0.25, 0.3) is 0 Å². The molecule has 2 aromatic carbocycles. The van der Waals surface area contributed by atoms with Gasteiger partial charge >= 0.3 is 0 Å². The standard InChI is InChI=1S/C18H21NO3/c1-20-14-10-12-9-13(7-8-19)22-18(12)16(11-14)15-5-3-4-6-17(15)21-2/h3-6,10-11,13H,7-9,19H2,1-2H3/t13-/m0/s1. The zero-order valence-corrected chi connectivity index (χ0v) is 13.0. The summed E-state index contributed by atoms with van der Waals surface area (Å²) in [5, 5.41) is 0. The van der Waals surface area contributed by atoms with Gasteiger partial charge in [-0.15, -0.1) is 0 Å². The molecule has 2 N–H and O–H groups in total. The highest BCUT2D eigenvalue weighted by atomic mass is 16.5. The number of nitrogens with two attached hydrogens (primary N) is 1. The average molecular weight is 299 g/mol. The zero-order chi connectivity index (χ0) is 15.5. The molecule has 0 amide bonds. The Balaban J connectivity index is 2.10. The Labute approximate surface area is 130 Å². The molecule has 0 saturated carbocycles. The predicted octanol–water partition coefficient (Wildman–Crippen LogP) is 3.02. The van der Waals surface area contributed by atoms with Crippen molar-refractivity contribution in [2.45, 2.75) is 18.9 Å². The van der Waals surface area contributed by atoms with Gasteiger partial charge in [0.15, 0.2) is 0 Å². The quantitative estimate of drug-likeness (QED) is 0.922. The van der Waals surface area contributed by atoms with E-state index in [1.807, 2.05) is 36.4 Å². The number of rotatable bonds is 5. The number of benzene rings is 2. The minimum Gasteiger partial charge on any atom is -0.497 e. The largest absolute Gasteiger partial charge is 0.497 e. The molecule has 1 heterocycles. The summed E-state index contributed by atoms with van der Waals surface area (Å²) in [7, 11) is 3.36. The van der Waals surface area contributed by atoms with Gasteiger partial charge in [0.05, 0.1) is 14.2 Å². The molecule has 3 rings (SSSR count). The van der Waals surface area contributed by atoms with Crippen LogP contribution in [0.1, 0.15) is 12.0 Å². The van der Waals surface area contributed by atoms with Gasteiger partial charge in [0.1, 0.15) is 23.4 Å². The van der Waals surface area contributed by atoms with Crippen molar-refractivity contribution in [3.05, 3.63) is 42.0 Å². The van der Waals surface area contributed by atoms with Crippen molar-refractivity contribution in [2.24, 2.45) is 5.73 Å². The van der Waals surface area contributed by atoms with E-state index in [2.05, 4.69) is 0 Å². The lowest BCUT2D eigenvalue weighted by molar-refractivity contribution is 0.225. The summed E-state index contributed by atoms with van der Waals surface area (Å²) in [6, 6.07) is 12.0. The number of hydrogen-bond acceptors (Lipinski definition) is 4. The van der Waals surface area contributed by atoms with Crippen LogP contribution in [0.4, 0.5) is 0 Å². The Morgan fingerprint density at radius 3 is 2.68 bits per heavy atom. The van der Waals surface area contributed by atoms with Crippen molar-refractivity contribution < 1.29 is 14.2 Å². The van der Waals surface area contributed by atoms with Crippen LogP contribution in [0.25, 0.3) is 11.1 Å². The first kappa shape index (κ1) is 14.7. The summed E-state index contributed by atoms with van der Waals surface area (Å²) >= 11 is 0. The molecule has 4 heteroatoms. The van der Waals surface area contributed by atoms with Gasteiger partial charge in [-0.2, -0.15) is 0 Å². The highest BCUT2D eigenvalue weighted by Gasteiger charge is 2.27. The number of para-hydroxylation sites is 1. The normalized spacial score (nSPS) is 16.0. The predicted molar refractivity (Wildman–Crippen MR) is 86.8 cm³/mol. The number of hydrogen-bond donors (Lipinski definition) is 1. The Hall–Kier alpha value is -2.20. The van der Waals surface area contributed by atoms with Gasteiger partial charge in [-0.05, 0) is 31.2 Å². The van der Waals surface area contributed by atoms with E-state index >= 15 is 0 Å². The first-order valence-electron chi connectivity index (χ1n) is 7.47. The fraction of sp³-hybridized carbons (Fsp3) is 0.333. The maximum Gasteiger partial charge on any atom is 0.131 e. The minimum atomic E-state index is 0.139. The van der Waals surface area contributed by atoms with Crippen LogP contribution < -0.4 is 19.9 Å². The van der Waals surface area contributed by atoms with E-state index < -0.39 is 0 Å². The Bertz CT molecular complexity index is 669. The van der Waals surface area contributed by atoms with E-state index in [0.717, 1.165) is 41.2 Å². The van der Waals surface area contributed by atoms with E-state index in [4.69, 9.17) is 19.9 Å². The van der Waals surface area contributed by atoms with Gasteiger partial charge in [-0.25, -0.2) is 0 Å². The van der Waals surface area contributed by atoms with Crippen LogP contribution in [-0.4, -0.2) is 26.9 Å². The molecule has 0 aromatic heterocycles. The molecule has 0 unspecified atom stereocenters. The van der Waals surface area contributed by atoms with Gasteiger partial charge in [0.2, 0.25) is 0 Å². The smallest absolute Gasteiger partial charge is 0.131 e. The van der Waals surface area contributed by atoms with Crippen molar-refractivity contribution in [2.75, 3.05) is 20.8 Å². The molecule has 0 saturated heterocycles. The number of methoxy groups -OCH3 is 2. The second kappa shape index (κ2) is 6.28.